The number of nitrogens with one attached hydrogen (secondary N) is 2. The van der Waals surface area contributed by atoms with Crippen molar-refractivity contribution in [1.82, 2.24) is 4.90 Å². The van der Waals surface area contributed by atoms with Gasteiger partial charge < -0.3 is 15.5 Å². The van der Waals surface area contributed by atoms with Crippen molar-refractivity contribution >= 4 is 17.3 Å². The maximum atomic E-state index is 12.7. The summed E-state index contributed by atoms with van der Waals surface area (Å²) >= 11 is 0. The molecule has 0 fully saturated rings. The Morgan fingerprint density at radius 2 is 1.90 bits per heavy atom. The molecule has 1 aliphatic rings. The minimum Gasteiger partial charge on any atom is -0.382 e. The molecule has 0 spiro atoms. The van der Waals surface area contributed by atoms with Crippen LogP contribution in [0.25, 0.3) is 0 Å². The van der Waals surface area contributed by atoms with Crippen molar-refractivity contribution in [3.63, 3.8) is 0 Å². The Morgan fingerprint density at radius 1 is 1.19 bits per heavy atom. The van der Waals surface area contributed by atoms with E-state index in [4.69, 9.17) is 0 Å². The van der Waals surface area contributed by atoms with Crippen LogP contribution in [0, 0.1) is 0 Å². The van der Waals surface area contributed by atoms with Gasteiger partial charge in [0.2, 0.25) is 0 Å². The lowest BCUT2D eigenvalue weighted by atomic mass is 10.1. The number of hydrogen-bond donors (Lipinski definition) is 2. The van der Waals surface area contributed by atoms with Gasteiger partial charge in [-0.1, -0.05) is 19.8 Å². The highest BCUT2D eigenvalue weighted by atomic mass is 16.2. The number of benzene rings is 1. The fourth-order valence-corrected chi connectivity index (χ4v) is 2.66. The Kier molecular flexibility index (Phi) is 5.48. The number of anilines is 2. The van der Waals surface area contributed by atoms with Gasteiger partial charge in [0.1, 0.15) is 0 Å². The first-order chi connectivity index (χ1) is 10.1. The topological polar surface area (TPSA) is 44.4 Å². The molecule has 0 aromatic heterocycles. The van der Waals surface area contributed by atoms with Crippen LogP contribution >= 0.6 is 0 Å². The van der Waals surface area contributed by atoms with E-state index in [9.17, 15) is 4.79 Å². The number of nitrogens with zero attached hydrogens (tertiary/aromatic N) is 1. The van der Waals surface area contributed by atoms with Gasteiger partial charge in [-0.2, -0.15) is 0 Å². The first kappa shape index (κ1) is 15.7. The van der Waals surface area contributed by atoms with E-state index in [1.54, 1.807) is 0 Å². The molecular formula is C17H27N3O. The van der Waals surface area contributed by atoms with E-state index in [-0.39, 0.29) is 11.9 Å². The van der Waals surface area contributed by atoms with Gasteiger partial charge in [0.25, 0.3) is 5.91 Å². The normalized spacial score (nSPS) is 13.3. The fourth-order valence-electron chi connectivity index (χ4n) is 2.66. The Bertz CT molecular complexity index is 485. The highest BCUT2D eigenvalue weighted by molar-refractivity contribution is 5.96. The van der Waals surface area contributed by atoms with E-state index in [2.05, 4.69) is 31.4 Å². The first-order valence-electron chi connectivity index (χ1n) is 8.06. The minimum absolute atomic E-state index is 0.135. The molecule has 2 N–H and O–H groups in total. The molecule has 1 aromatic rings. The fraction of sp³-hybridized carbons (Fsp3) is 0.588. The van der Waals surface area contributed by atoms with Gasteiger partial charge in [-0.25, -0.2) is 0 Å². The van der Waals surface area contributed by atoms with Crippen molar-refractivity contribution in [3.05, 3.63) is 23.8 Å². The number of unbranched alkanes of at least 4 members (excludes halogenated alkanes) is 2. The van der Waals surface area contributed by atoms with E-state index in [0.717, 1.165) is 43.0 Å². The van der Waals surface area contributed by atoms with Crippen LogP contribution in [-0.2, 0) is 0 Å². The monoisotopic (exact) mass is 289 g/mol. The van der Waals surface area contributed by atoms with Crippen molar-refractivity contribution in [2.75, 3.05) is 30.3 Å². The van der Waals surface area contributed by atoms with Gasteiger partial charge in [0.15, 0.2) is 0 Å². The van der Waals surface area contributed by atoms with E-state index in [1.807, 2.05) is 23.1 Å². The predicted molar refractivity (Wildman–Crippen MR) is 89.1 cm³/mol. The van der Waals surface area contributed by atoms with Gasteiger partial charge in [0.05, 0.1) is 11.4 Å². The average Bonchev–Trinajstić information content (AvgIpc) is 2.50. The summed E-state index contributed by atoms with van der Waals surface area (Å²) in [6.45, 7) is 9.02. The third-order valence-electron chi connectivity index (χ3n) is 3.91. The molecule has 116 valence electrons. The summed E-state index contributed by atoms with van der Waals surface area (Å²) in [5.74, 6) is 0.135. The molecule has 1 aromatic carbocycles. The second-order valence-electron chi connectivity index (χ2n) is 5.91. The highest BCUT2D eigenvalue weighted by Gasteiger charge is 2.20. The van der Waals surface area contributed by atoms with Gasteiger partial charge in [-0.05, 0) is 38.5 Å². The summed E-state index contributed by atoms with van der Waals surface area (Å²) in [6, 6.07) is 6.13. The molecule has 0 aliphatic carbocycles. The van der Waals surface area contributed by atoms with Crippen molar-refractivity contribution in [2.45, 2.75) is 46.1 Å². The number of hydrogen-bond acceptors (Lipinski definition) is 3. The van der Waals surface area contributed by atoms with Crippen LogP contribution in [0.3, 0.4) is 0 Å². The second-order valence-corrected chi connectivity index (χ2v) is 5.91. The second kappa shape index (κ2) is 7.34. The molecule has 4 nitrogen and oxygen atoms in total. The maximum absolute atomic E-state index is 12.7. The standard InChI is InChI=1S/C17H27N3O/c1-4-5-6-11-20(13(2)3)17(21)14-7-8-15-16(12-14)19-10-9-18-15/h7-8,12-13,18-19H,4-6,9-11H2,1-3H3. The van der Waals surface area contributed by atoms with Crippen LogP contribution in [0.2, 0.25) is 0 Å². The average molecular weight is 289 g/mol. The summed E-state index contributed by atoms with van der Waals surface area (Å²) in [5.41, 5.74) is 2.89. The molecule has 0 bridgehead atoms. The van der Waals surface area contributed by atoms with Crippen LogP contribution in [0.15, 0.2) is 18.2 Å². The maximum Gasteiger partial charge on any atom is 0.254 e. The number of fused-ring (bicyclic) bond motifs is 1. The Balaban J connectivity index is 2.12. The van der Waals surface area contributed by atoms with Crippen LogP contribution < -0.4 is 10.6 Å². The predicted octanol–water partition coefficient (Wildman–Crippen LogP) is 3.56. The molecule has 2 rings (SSSR count). The molecule has 0 unspecified atom stereocenters. The first-order valence-corrected chi connectivity index (χ1v) is 8.06. The number of rotatable bonds is 6. The molecule has 0 saturated heterocycles. The zero-order chi connectivity index (χ0) is 15.2. The van der Waals surface area contributed by atoms with E-state index >= 15 is 0 Å². The molecule has 0 atom stereocenters. The van der Waals surface area contributed by atoms with Crippen LogP contribution in [-0.4, -0.2) is 36.5 Å². The Hall–Kier alpha value is -1.71. The van der Waals surface area contributed by atoms with Gasteiger partial charge >= 0.3 is 0 Å². The Labute approximate surface area is 127 Å². The molecule has 1 heterocycles. The lowest BCUT2D eigenvalue weighted by molar-refractivity contribution is 0.0702. The van der Waals surface area contributed by atoms with Gasteiger partial charge in [-0.3, -0.25) is 4.79 Å². The van der Waals surface area contributed by atoms with E-state index in [1.165, 1.54) is 12.8 Å². The van der Waals surface area contributed by atoms with Crippen LogP contribution in [0.4, 0.5) is 11.4 Å². The molecule has 1 aliphatic heterocycles. The SMILES string of the molecule is CCCCCN(C(=O)c1ccc2c(c1)NCCN2)C(C)C. The third-order valence-corrected chi connectivity index (χ3v) is 3.91. The summed E-state index contributed by atoms with van der Waals surface area (Å²) in [5, 5.41) is 6.68. The Morgan fingerprint density at radius 3 is 2.57 bits per heavy atom. The number of amides is 1. The van der Waals surface area contributed by atoms with Crippen molar-refractivity contribution in [2.24, 2.45) is 0 Å². The zero-order valence-corrected chi connectivity index (χ0v) is 13.4. The molecule has 1 amide bonds. The lowest BCUT2D eigenvalue weighted by Crippen LogP contribution is -2.37. The highest BCUT2D eigenvalue weighted by Crippen LogP contribution is 2.26. The molecule has 4 heteroatoms. The van der Waals surface area contributed by atoms with Crippen LogP contribution in [0.5, 0.6) is 0 Å². The molecule has 0 radical (unpaired) electrons. The summed E-state index contributed by atoms with van der Waals surface area (Å²) in [6.07, 6.45) is 3.42. The van der Waals surface area contributed by atoms with Gasteiger partial charge in [-0.15, -0.1) is 0 Å². The summed E-state index contributed by atoms with van der Waals surface area (Å²) in [4.78, 5) is 14.7. The zero-order valence-electron chi connectivity index (χ0n) is 13.4. The van der Waals surface area contributed by atoms with Crippen LogP contribution in [0.1, 0.15) is 50.4 Å². The number of carbonyl (C=O) groups is 1. The van der Waals surface area contributed by atoms with Crippen molar-refractivity contribution in [1.29, 1.82) is 0 Å². The smallest absolute Gasteiger partial charge is 0.254 e. The van der Waals surface area contributed by atoms with Crippen molar-refractivity contribution in [3.8, 4) is 0 Å². The molecule has 0 saturated carbocycles. The number of carbonyl (C=O) groups excluding carboxylic acids is 1. The third kappa shape index (κ3) is 3.90. The molecule has 21 heavy (non-hydrogen) atoms. The van der Waals surface area contributed by atoms with E-state index in [0.29, 0.717) is 0 Å². The van der Waals surface area contributed by atoms with E-state index < -0.39 is 0 Å². The quantitative estimate of drug-likeness (QED) is 0.787. The largest absolute Gasteiger partial charge is 0.382 e. The molecular weight excluding hydrogens is 262 g/mol. The van der Waals surface area contributed by atoms with Crippen molar-refractivity contribution < 1.29 is 4.79 Å². The summed E-state index contributed by atoms with van der Waals surface area (Å²) in [7, 11) is 0. The minimum atomic E-state index is 0.135. The van der Waals surface area contributed by atoms with Gasteiger partial charge in [0, 0.05) is 31.2 Å². The summed E-state index contributed by atoms with van der Waals surface area (Å²) < 4.78 is 0. The lowest BCUT2D eigenvalue weighted by Gasteiger charge is -2.28.